The summed E-state index contributed by atoms with van der Waals surface area (Å²) in [6.45, 7) is 4.04. The molecule has 1 amide bonds. The van der Waals surface area contributed by atoms with Crippen LogP contribution >= 0.6 is 11.6 Å². The Morgan fingerprint density at radius 1 is 0.929 bits per heavy atom. The van der Waals surface area contributed by atoms with E-state index in [0.717, 1.165) is 39.0 Å². The van der Waals surface area contributed by atoms with Gasteiger partial charge in [0.2, 0.25) is 0 Å². The van der Waals surface area contributed by atoms with Crippen LogP contribution in [0.4, 0.5) is 5.69 Å². The van der Waals surface area contributed by atoms with E-state index in [1.807, 2.05) is 86.6 Å². The summed E-state index contributed by atoms with van der Waals surface area (Å²) in [5.74, 6) is -0.150. The van der Waals surface area contributed by atoms with Gasteiger partial charge in [-0.2, -0.15) is 0 Å². The summed E-state index contributed by atoms with van der Waals surface area (Å²) in [4.78, 5) is 17.9. The van der Waals surface area contributed by atoms with Crippen LogP contribution in [0.1, 0.15) is 21.5 Å². The summed E-state index contributed by atoms with van der Waals surface area (Å²) >= 11 is 6.01. The number of fused-ring (bicyclic) bond motifs is 1. The molecule has 0 saturated heterocycles. The lowest BCUT2D eigenvalue weighted by Crippen LogP contribution is -2.14. The van der Waals surface area contributed by atoms with Crippen LogP contribution in [-0.2, 0) is 0 Å². The van der Waals surface area contributed by atoms with Crippen LogP contribution in [0.5, 0.6) is 0 Å². The van der Waals surface area contributed by atoms with Crippen molar-refractivity contribution in [1.29, 1.82) is 0 Å². The molecule has 0 aliphatic rings. The molecule has 0 saturated carbocycles. The van der Waals surface area contributed by atoms with E-state index in [1.54, 1.807) is 0 Å². The van der Waals surface area contributed by atoms with Gasteiger partial charge >= 0.3 is 0 Å². The second-order valence-corrected chi connectivity index (χ2v) is 7.22. The molecule has 0 spiro atoms. The fourth-order valence-electron chi connectivity index (χ4n) is 3.21. The second-order valence-electron chi connectivity index (χ2n) is 6.78. The standard InChI is InChI=1S/C24H19ClN2O/c1-15-6-5-9-21(16(15)2)27-24(28)20-14-23(17-10-12-18(25)13-11-17)26-22-8-4-3-7-19(20)22/h3-14H,1-2H3,(H,27,28). The Labute approximate surface area is 169 Å². The highest BCUT2D eigenvalue weighted by Crippen LogP contribution is 2.27. The van der Waals surface area contributed by atoms with Gasteiger partial charge in [-0.05, 0) is 55.3 Å². The van der Waals surface area contributed by atoms with Gasteiger partial charge in [-0.1, -0.05) is 54.1 Å². The molecule has 0 aliphatic carbocycles. The third kappa shape index (κ3) is 3.49. The molecular weight excluding hydrogens is 368 g/mol. The number of hydrogen-bond acceptors (Lipinski definition) is 2. The number of carbonyl (C=O) groups is 1. The molecule has 4 heteroatoms. The quantitative estimate of drug-likeness (QED) is 0.441. The van der Waals surface area contributed by atoms with E-state index < -0.39 is 0 Å². The lowest BCUT2D eigenvalue weighted by Gasteiger charge is -2.13. The highest BCUT2D eigenvalue weighted by atomic mass is 35.5. The molecule has 3 nitrogen and oxygen atoms in total. The topological polar surface area (TPSA) is 42.0 Å². The zero-order valence-corrected chi connectivity index (χ0v) is 16.4. The third-order valence-corrected chi connectivity index (χ3v) is 5.21. The minimum atomic E-state index is -0.150. The number of nitrogens with one attached hydrogen (secondary N) is 1. The number of anilines is 1. The van der Waals surface area contributed by atoms with Crippen LogP contribution in [0.3, 0.4) is 0 Å². The summed E-state index contributed by atoms with van der Waals surface area (Å²) in [5, 5.41) is 4.55. The fraction of sp³-hybridized carbons (Fsp3) is 0.0833. The maximum absolute atomic E-state index is 13.2. The van der Waals surface area contributed by atoms with Crippen molar-refractivity contribution < 1.29 is 4.79 Å². The number of halogens is 1. The number of nitrogens with zero attached hydrogens (tertiary/aromatic N) is 1. The van der Waals surface area contributed by atoms with Gasteiger partial charge in [0, 0.05) is 21.7 Å². The maximum atomic E-state index is 13.2. The lowest BCUT2D eigenvalue weighted by molar-refractivity contribution is 0.102. The maximum Gasteiger partial charge on any atom is 0.256 e. The second kappa shape index (κ2) is 7.45. The molecule has 0 aliphatic heterocycles. The number of rotatable bonds is 3. The molecule has 0 atom stereocenters. The Bertz CT molecular complexity index is 1180. The van der Waals surface area contributed by atoms with Crippen LogP contribution in [0, 0.1) is 13.8 Å². The van der Waals surface area contributed by atoms with Gasteiger partial charge < -0.3 is 5.32 Å². The predicted octanol–water partition coefficient (Wildman–Crippen LogP) is 6.42. The van der Waals surface area contributed by atoms with Crippen LogP contribution in [-0.4, -0.2) is 10.9 Å². The van der Waals surface area contributed by atoms with Crippen molar-refractivity contribution in [1.82, 2.24) is 4.98 Å². The van der Waals surface area contributed by atoms with Gasteiger partial charge in [0.25, 0.3) is 5.91 Å². The van der Waals surface area contributed by atoms with E-state index in [-0.39, 0.29) is 5.91 Å². The molecule has 4 aromatic rings. The van der Waals surface area contributed by atoms with Gasteiger partial charge in [0.1, 0.15) is 0 Å². The van der Waals surface area contributed by atoms with Crippen molar-refractivity contribution in [3.05, 3.63) is 94.5 Å². The molecule has 1 aromatic heterocycles. The first-order valence-electron chi connectivity index (χ1n) is 9.06. The van der Waals surface area contributed by atoms with E-state index in [9.17, 15) is 4.79 Å². The summed E-state index contributed by atoms with van der Waals surface area (Å²) in [7, 11) is 0. The molecular formula is C24H19ClN2O. The van der Waals surface area contributed by atoms with E-state index >= 15 is 0 Å². The molecule has 1 heterocycles. The predicted molar refractivity (Wildman–Crippen MR) is 116 cm³/mol. The summed E-state index contributed by atoms with van der Waals surface area (Å²) in [5.41, 5.74) is 6.04. The molecule has 4 rings (SSSR count). The van der Waals surface area contributed by atoms with E-state index in [2.05, 4.69) is 5.32 Å². The molecule has 3 aromatic carbocycles. The average Bonchev–Trinajstić information content (AvgIpc) is 2.71. The van der Waals surface area contributed by atoms with Crippen LogP contribution in [0.2, 0.25) is 5.02 Å². The Balaban J connectivity index is 1.81. The highest BCUT2D eigenvalue weighted by molar-refractivity contribution is 6.30. The Hall–Kier alpha value is -3.17. The number of carbonyl (C=O) groups excluding carboxylic acids is 1. The minimum absolute atomic E-state index is 0.150. The minimum Gasteiger partial charge on any atom is -0.322 e. The Morgan fingerprint density at radius 2 is 1.68 bits per heavy atom. The van der Waals surface area contributed by atoms with Crippen molar-refractivity contribution in [2.45, 2.75) is 13.8 Å². The van der Waals surface area contributed by atoms with Crippen molar-refractivity contribution >= 4 is 34.1 Å². The monoisotopic (exact) mass is 386 g/mol. The average molecular weight is 387 g/mol. The normalized spacial score (nSPS) is 10.8. The number of aryl methyl sites for hydroxylation is 1. The molecule has 0 fully saturated rings. The van der Waals surface area contributed by atoms with Gasteiger partial charge in [-0.25, -0.2) is 4.98 Å². The van der Waals surface area contributed by atoms with Crippen LogP contribution in [0.25, 0.3) is 22.2 Å². The smallest absolute Gasteiger partial charge is 0.256 e. The molecule has 0 bridgehead atoms. The lowest BCUT2D eigenvalue weighted by atomic mass is 10.0. The molecule has 138 valence electrons. The van der Waals surface area contributed by atoms with Crippen molar-refractivity contribution in [3.8, 4) is 11.3 Å². The number of pyridine rings is 1. The van der Waals surface area contributed by atoms with Crippen LogP contribution < -0.4 is 5.32 Å². The first kappa shape index (κ1) is 18.2. The number of benzene rings is 3. The first-order valence-corrected chi connectivity index (χ1v) is 9.44. The first-order chi connectivity index (χ1) is 13.5. The van der Waals surface area contributed by atoms with E-state index in [4.69, 9.17) is 16.6 Å². The number of hydrogen-bond donors (Lipinski definition) is 1. The molecule has 0 radical (unpaired) electrons. The van der Waals surface area contributed by atoms with Crippen molar-refractivity contribution in [3.63, 3.8) is 0 Å². The van der Waals surface area contributed by atoms with E-state index in [0.29, 0.717) is 10.6 Å². The Kier molecular flexibility index (Phi) is 4.84. The van der Waals surface area contributed by atoms with Gasteiger partial charge in [0.05, 0.1) is 16.8 Å². The molecule has 1 N–H and O–H groups in total. The zero-order chi connectivity index (χ0) is 19.7. The summed E-state index contributed by atoms with van der Waals surface area (Å²) in [6, 6.07) is 22.9. The zero-order valence-electron chi connectivity index (χ0n) is 15.7. The Morgan fingerprint density at radius 3 is 2.46 bits per heavy atom. The van der Waals surface area contributed by atoms with Gasteiger partial charge in [-0.3, -0.25) is 4.79 Å². The summed E-state index contributed by atoms with van der Waals surface area (Å²) < 4.78 is 0. The number of aromatic nitrogens is 1. The largest absolute Gasteiger partial charge is 0.322 e. The SMILES string of the molecule is Cc1cccc(NC(=O)c2cc(-c3ccc(Cl)cc3)nc3ccccc23)c1C. The van der Waals surface area contributed by atoms with E-state index in [1.165, 1.54) is 0 Å². The molecule has 0 unspecified atom stereocenters. The number of amides is 1. The highest BCUT2D eigenvalue weighted by Gasteiger charge is 2.15. The van der Waals surface area contributed by atoms with Gasteiger partial charge in [-0.15, -0.1) is 0 Å². The number of para-hydroxylation sites is 1. The van der Waals surface area contributed by atoms with Crippen molar-refractivity contribution in [2.24, 2.45) is 0 Å². The molecule has 28 heavy (non-hydrogen) atoms. The van der Waals surface area contributed by atoms with Gasteiger partial charge in [0.15, 0.2) is 0 Å². The van der Waals surface area contributed by atoms with Crippen molar-refractivity contribution in [2.75, 3.05) is 5.32 Å². The fourth-order valence-corrected chi connectivity index (χ4v) is 3.33. The third-order valence-electron chi connectivity index (χ3n) is 4.95. The van der Waals surface area contributed by atoms with Crippen LogP contribution in [0.15, 0.2) is 72.8 Å². The summed E-state index contributed by atoms with van der Waals surface area (Å²) in [6.07, 6.45) is 0.